The molecular weight excluding hydrogens is 400 g/mol. The Morgan fingerprint density at radius 1 is 1.00 bits per heavy atom. The van der Waals surface area contributed by atoms with E-state index in [0.29, 0.717) is 12.2 Å². The number of ether oxygens (including phenoxy) is 5. The van der Waals surface area contributed by atoms with Gasteiger partial charge in [-0.05, 0) is 62.1 Å². The van der Waals surface area contributed by atoms with Crippen molar-refractivity contribution in [2.24, 2.45) is 0 Å². The van der Waals surface area contributed by atoms with Crippen molar-refractivity contribution < 1.29 is 33.3 Å². The average Bonchev–Trinajstić information content (AvgIpc) is 2.81. The fourth-order valence-electron chi connectivity index (χ4n) is 3.62. The summed E-state index contributed by atoms with van der Waals surface area (Å²) >= 11 is 0. The van der Waals surface area contributed by atoms with Gasteiger partial charge in [0.2, 0.25) is 0 Å². The molecule has 1 aliphatic heterocycles. The van der Waals surface area contributed by atoms with E-state index in [1.54, 1.807) is 0 Å². The molecule has 1 unspecified atom stereocenters. The second-order valence-corrected chi connectivity index (χ2v) is 7.67. The number of carbonyl (C=O) groups is 2. The van der Waals surface area contributed by atoms with E-state index in [0.717, 1.165) is 69.3 Å². The molecule has 1 aliphatic rings. The van der Waals surface area contributed by atoms with Crippen molar-refractivity contribution in [2.75, 3.05) is 34.0 Å². The highest BCUT2D eigenvalue weighted by Crippen LogP contribution is 2.26. The molecular formula is C24H36O7. The van der Waals surface area contributed by atoms with Crippen LogP contribution in [-0.2, 0) is 41.4 Å². The third-order valence-electron chi connectivity index (χ3n) is 5.39. The van der Waals surface area contributed by atoms with Gasteiger partial charge < -0.3 is 23.7 Å². The smallest absolute Gasteiger partial charge is 0.343 e. The lowest BCUT2D eigenvalue weighted by Crippen LogP contribution is -2.22. The zero-order valence-corrected chi connectivity index (χ0v) is 18.9. The molecule has 1 fully saturated rings. The molecule has 7 heteroatoms. The maximum Gasteiger partial charge on any atom is 0.343 e. The summed E-state index contributed by atoms with van der Waals surface area (Å²) in [6.07, 6.45) is 9.23. The zero-order chi connectivity index (χ0) is 22.3. The van der Waals surface area contributed by atoms with Crippen molar-refractivity contribution in [3.05, 3.63) is 29.3 Å². The van der Waals surface area contributed by atoms with Crippen LogP contribution in [0.25, 0.3) is 0 Å². The molecule has 1 atom stereocenters. The van der Waals surface area contributed by atoms with Gasteiger partial charge in [-0.25, -0.2) is 4.79 Å². The van der Waals surface area contributed by atoms with Crippen molar-refractivity contribution in [3.63, 3.8) is 0 Å². The fraction of sp³-hybridized carbons (Fsp3) is 0.667. The van der Waals surface area contributed by atoms with E-state index in [-0.39, 0.29) is 25.3 Å². The summed E-state index contributed by atoms with van der Waals surface area (Å²) in [5.41, 5.74) is 2.09. The van der Waals surface area contributed by atoms with Gasteiger partial charge in [0.1, 0.15) is 5.75 Å². The molecule has 0 N–H and O–H groups in total. The largest absolute Gasteiger partial charge is 0.482 e. The van der Waals surface area contributed by atoms with Crippen molar-refractivity contribution >= 4 is 11.9 Å². The van der Waals surface area contributed by atoms with Crippen LogP contribution in [0.3, 0.4) is 0 Å². The number of rotatable bonds is 14. The summed E-state index contributed by atoms with van der Waals surface area (Å²) in [7, 11) is 2.71. The highest BCUT2D eigenvalue weighted by molar-refractivity contribution is 5.71. The van der Waals surface area contributed by atoms with Crippen LogP contribution >= 0.6 is 0 Å². The fourth-order valence-corrected chi connectivity index (χ4v) is 3.62. The Labute approximate surface area is 185 Å². The molecule has 0 saturated carbocycles. The quantitative estimate of drug-likeness (QED) is 0.322. The lowest BCUT2D eigenvalue weighted by molar-refractivity contribution is -0.162. The first-order chi connectivity index (χ1) is 15.1. The monoisotopic (exact) mass is 436 g/mol. The number of unbranched alkanes of at least 4 members (excludes halogenated alkanes) is 3. The van der Waals surface area contributed by atoms with Crippen LogP contribution in [0.15, 0.2) is 18.2 Å². The lowest BCUT2D eigenvalue weighted by Gasteiger charge is -2.22. The number of aryl methyl sites for hydroxylation is 1. The topological polar surface area (TPSA) is 80.3 Å². The maximum atomic E-state index is 11.6. The van der Waals surface area contributed by atoms with E-state index >= 15 is 0 Å². The van der Waals surface area contributed by atoms with Crippen LogP contribution in [-0.4, -0.2) is 52.3 Å². The predicted molar refractivity (Wildman–Crippen MR) is 116 cm³/mol. The molecule has 0 aromatic heterocycles. The first-order valence-electron chi connectivity index (χ1n) is 11.2. The van der Waals surface area contributed by atoms with E-state index in [4.69, 9.17) is 18.9 Å². The van der Waals surface area contributed by atoms with Gasteiger partial charge in [-0.15, -0.1) is 0 Å². The standard InChI is InChI=1S/C24H36O7/c1-27-22(25)15-14-20-19(11-9-12-21(20)31-18-23(26)28-2)10-5-3-4-7-16-29-24-13-6-8-17-30-24/h9,11-12,24H,3-8,10,13-18H2,1-2H3. The number of hydrogen-bond donors (Lipinski definition) is 0. The Balaban J connectivity index is 1.80. The van der Waals surface area contributed by atoms with Gasteiger partial charge >= 0.3 is 11.9 Å². The lowest BCUT2D eigenvalue weighted by atomic mass is 9.97. The highest BCUT2D eigenvalue weighted by Gasteiger charge is 2.15. The average molecular weight is 437 g/mol. The molecule has 0 bridgehead atoms. The summed E-state index contributed by atoms with van der Waals surface area (Å²) in [6, 6.07) is 5.80. The number of carbonyl (C=O) groups excluding carboxylic acids is 2. The van der Waals surface area contributed by atoms with Crippen molar-refractivity contribution in [1.29, 1.82) is 0 Å². The number of methoxy groups -OCH3 is 2. The van der Waals surface area contributed by atoms with Crippen LogP contribution in [0.1, 0.15) is 62.5 Å². The highest BCUT2D eigenvalue weighted by atomic mass is 16.7. The summed E-state index contributed by atoms with van der Waals surface area (Å²) in [4.78, 5) is 23.1. The molecule has 0 amide bonds. The van der Waals surface area contributed by atoms with Gasteiger partial charge in [-0.2, -0.15) is 0 Å². The molecule has 0 aliphatic carbocycles. The minimum absolute atomic E-state index is 0.0150. The van der Waals surface area contributed by atoms with Gasteiger partial charge in [0, 0.05) is 19.6 Å². The molecule has 1 aromatic carbocycles. The minimum Gasteiger partial charge on any atom is -0.482 e. The Hall–Kier alpha value is -2.12. The summed E-state index contributed by atoms with van der Waals surface area (Å²) in [5.74, 6) is -0.0893. The minimum atomic E-state index is -0.440. The van der Waals surface area contributed by atoms with E-state index in [2.05, 4.69) is 10.8 Å². The Bertz CT molecular complexity index is 668. The molecule has 1 aromatic rings. The van der Waals surface area contributed by atoms with Crippen molar-refractivity contribution in [1.82, 2.24) is 0 Å². The van der Waals surface area contributed by atoms with E-state index < -0.39 is 5.97 Å². The van der Waals surface area contributed by atoms with Gasteiger partial charge in [-0.1, -0.05) is 25.0 Å². The SMILES string of the molecule is COC(=O)CCc1c(CCCCCCOC2CCCCO2)cccc1OCC(=O)OC. The third-order valence-corrected chi connectivity index (χ3v) is 5.39. The second-order valence-electron chi connectivity index (χ2n) is 7.67. The maximum absolute atomic E-state index is 11.6. The molecule has 0 radical (unpaired) electrons. The van der Waals surface area contributed by atoms with Crippen LogP contribution < -0.4 is 4.74 Å². The molecule has 31 heavy (non-hydrogen) atoms. The van der Waals surface area contributed by atoms with Gasteiger partial charge in [-0.3, -0.25) is 4.79 Å². The molecule has 2 rings (SSSR count). The van der Waals surface area contributed by atoms with Gasteiger partial charge in [0.15, 0.2) is 12.9 Å². The Morgan fingerprint density at radius 2 is 1.81 bits per heavy atom. The second kappa shape index (κ2) is 14.8. The van der Waals surface area contributed by atoms with E-state index in [1.165, 1.54) is 20.6 Å². The Kier molecular flexibility index (Phi) is 12.0. The zero-order valence-electron chi connectivity index (χ0n) is 18.9. The normalized spacial score (nSPS) is 16.0. The number of benzene rings is 1. The van der Waals surface area contributed by atoms with Crippen molar-refractivity contribution in [3.8, 4) is 5.75 Å². The molecule has 0 spiro atoms. The summed E-state index contributed by atoms with van der Waals surface area (Å²) in [6.45, 7) is 1.40. The number of esters is 2. The van der Waals surface area contributed by atoms with Gasteiger partial charge in [0.05, 0.1) is 14.2 Å². The summed E-state index contributed by atoms with van der Waals surface area (Å²) in [5, 5.41) is 0. The summed E-state index contributed by atoms with van der Waals surface area (Å²) < 4.78 is 26.4. The van der Waals surface area contributed by atoms with Crippen LogP contribution in [0.5, 0.6) is 5.75 Å². The predicted octanol–water partition coefficient (Wildman–Crippen LogP) is 3.99. The van der Waals surface area contributed by atoms with Crippen LogP contribution in [0, 0.1) is 0 Å². The Morgan fingerprint density at radius 3 is 2.55 bits per heavy atom. The van der Waals surface area contributed by atoms with Crippen LogP contribution in [0.4, 0.5) is 0 Å². The van der Waals surface area contributed by atoms with Gasteiger partial charge in [0.25, 0.3) is 0 Å². The molecule has 174 valence electrons. The molecule has 7 nitrogen and oxygen atoms in total. The first kappa shape index (κ1) is 25.1. The van der Waals surface area contributed by atoms with E-state index in [1.807, 2.05) is 12.1 Å². The number of hydrogen-bond acceptors (Lipinski definition) is 7. The van der Waals surface area contributed by atoms with E-state index in [9.17, 15) is 9.59 Å². The van der Waals surface area contributed by atoms with Crippen molar-refractivity contribution in [2.45, 2.75) is 70.5 Å². The first-order valence-corrected chi connectivity index (χ1v) is 11.2. The molecule has 1 heterocycles. The van der Waals surface area contributed by atoms with Crippen LogP contribution in [0.2, 0.25) is 0 Å². The third kappa shape index (κ3) is 9.70. The molecule has 1 saturated heterocycles.